The molecule has 0 unspecified atom stereocenters. The highest BCUT2D eigenvalue weighted by Crippen LogP contribution is 2.28. The van der Waals surface area contributed by atoms with Crippen LogP contribution in [-0.2, 0) is 11.2 Å². The Morgan fingerprint density at radius 3 is 2.57 bits per heavy atom. The van der Waals surface area contributed by atoms with Gasteiger partial charge in [0.25, 0.3) is 0 Å². The third-order valence-corrected chi connectivity index (χ3v) is 3.10. The van der Waals surface area contributed by atoms with E-state index in [-0.39, 0.29) is 6.04 Å². The minimum Gasteiger partial charge on any atom is -0.490 e. The maximum Gasteiger partial charge on any atom is 0.188 e. The third-order valence-electron chi connectivity index (χ3n) is 3.10. The van der Waals surface area contributed by atoms with Gasteiger partial charge in [0, 0.05) is 19.7 Å². The summed E-state index contributed by atoms with van der Waals surface area (Å²) in [5.41, 5.74) is 6.99. The van der Waals surface area contributed by atoms with Gasteiger partial charge in [-0.1, -0.05) is 6.07 Å². The highest BCUT2D eigenvalue weighted by molar-refractivity contribution is 5.78. The Morgan fingerprint density at radius 2 is 1.91 bits per heavy atom. The van der Waals surface area contributed by atoms with Gasteiger partial charge in [-0.3, -0.25) is 4.99 Å². The van der Waals surface area contributed by atoms with E-state index in [1.165, 1.54) is 0 Å². The summed E-state index contributed by atoms with van der Waals surface area (Å²) in [7, 11) is 1.66. The number of aliphatic imine (C=N–C) groups is 1. The summed E-state index contributed by atoms with van der Waals surface area (Å²) in [4.78, 5) is 4.33. The summed E-state index contributed by atoms with van der Waals surface area (Å²) in [5, 5.41) is 3.08. The van der Waals surface area contributed by atoms with Gasteiger partial charge in [-0.15, -0.1) is 0 Å². The molecule has 0 saturated carbocycles. The zero-order valence-corrected chi connectivity index (χ0v) is 14.6. The van der Waals surface area contributed by atoms with Crippen molar-refractivity contribution in [1.82, 2.24) is 5.32 Å². The molecule has 0 radical (unpaired) electrons. The normalized spacial score (nSPS) is 12.8. The molecule has 0 saturated heterocycles. The first kappa shape index (κ1) is 19.1. The van der Waals surface area contributed by atoms with E-state index >= 15 is 0 Å². The van der Waals surface area contributed by atoms with Crippen molar-refractivity contribution in [2.24, 2.45) is 10.7 Å². The molecule has 0 aliphatic heterocycles. The average molecular weight is 323 g/mol. The van der Waals surface area contributed by atoms with Crippen molar-refractivity contribution >= 4 is 5.96 Å². The highest BCUT2D eigenvalue weighted by Gasteiger charge is 2.06. The van der Waals surface area contributed by atoms with Crippen LogP contribution in [0.5, 0.6) is 11.5 Å². The molecule has 0 aliphatic carbocycles. The van der Waals surface area contributed by atoms with Crippen LogP contribution in [0, 0.1) is 0 Å². The zero-order valence-electron chi connectivity index (χ0n) is 14.6. The minimum atomic E-state index is 0.138. The summed E-state index contributed by atoms with van der Waals surface area (Å²) in [6.45, 7) is 8.33. The Bertz CT molecular complexity index is 492. The summed E-state index contributed by atoms with van der Waals surface area (Å²) < 4.78 is 16.2. The van der Waals surface area contributed by atoms with E-state index < -0.39 is 0 Å². The Kier molecular flexibility index (Phi) is 8.90. The summed E-state index contributed by atoms with van der Waals surface area (Å²) in [6.07, 6.45) is 0.785. The molecule has 130 valence electrons. The fraction of sp³-hybridized carbons (Fsp3) is 0.588. The number of guanidine groups is 1. The van der Waals surface area contributed by atoms with Gasteiger partial charge in [0.2, 0.25) is 0 Å². The SMILES string of the molecule is CCOc1ccc(CCN=C(N)N[C@@H](C)COC)cc1OCC. The third kappa shape index (κ3) is 7.23. The molecule has 3 N–H and O–H groups in total. The zero-order chi connectivity index (χ0) is 17.1. The molecule has 0 aromatic heterocycles. The number of benzene rings is 1. The van der Waals surface area contributed by atoms with E-state index in [9.17, 15) is 0 Å². The standard InChI is InChI=1S/C17H29N3O3/c1-5-22-15-8-7-14(11-16(15)23-6-2)9-10-19-17(18)20-13(3)12-21-4/h7-8,11,13H,5-6,9-10,12H2,1-4H3,(H3,18,19,20)/t13-/m0/s1. The maximum atomic E-state index is 5.85. The van der Waals surface area contributed by atoms with E-state index in [2.05, 4.69) is 10.3 Å². The largest absolute Gasteiger partial charge is 0.490 e. The Morgan fingerprint density at radius 1 is 1.22 bits per heavy atom. The highest BCUT2D eigenvalue weighted by atomic mass is 16.5. The predicted molar refractivity (Wildman–Crippen MR) is 93.4 cm³/mol. The smallest absolute Gasteiger partial charge is 0.188 e. The molecule has 23 heavy (non-hydrogen) atoms. The second kappa shape index (κ2) is 10.7. The first-order chi connectivity index (χ1) is 11.1. The predicted octanol–water partition coefficient (Wildman–Crippen LogP) is 1.97. The molecular weight excluding hydrogens is 294 g/mol. The molecule has 1 rings (SSSR count). The number of nitrogens with two attached hydrogens (primary N) is 1. The van der Waals surface area contributed by atoms with Gasteiger partial charge in [0.15, 0.2) is 17.5 Å². The van der Waals surface area contributed by atoms with E-state index in [0.29, 0.717) is 32.3 Å². The minimum absolute atomic E-state index is 0.138. The number of hydrogen-bond acceptors (Lipinski definition) is 4. The molecule has 6 heteroatoms. The van der Waals surface area contributed by atoms with Gasteiger partial charge < -0.3 is 25.3 Å². The van der Waals surface area contributed by atoms with Crippen molar-refractivity contribution in [2.45, 2.75) is 33.2 Å². The van der Waals surface area contributed by atoms with Crippen molar-refractivity contribution in [3.05, 3.63) is 23.8 Å². The fourth-order valence-electron chi connectivity index (χ4n) is 2.15. The lowest BCUT2D eigenvalue weighted by atomic mass is 10.1. The average Bonchev–Trinajstić information content (AvgIpc) is 2.50. The Labute approximate surface area is 139 Å². The molecule has 1 aromatic rings. The summed E-state index contributed by atoms with van der Waals surface area (Å²) >= 11 is 0. The van der Waals surface area contributed by atoms with Gasteiger partial charge in [0.1, 0.15) is 0 Å². The van der Waals surface area contributed by atoms with Crippen molar-refractivity contribution in [3.63, 3.8) is 0 Å². The Hall–Kier alpha value is -1.95. The van der Waals surface area contributed by atoms with Crippen LogP contribution in [0.1, 0.15) is 26.3 Å². The number of nitrogens with one attached hydrogen (secondary N) is 1. The fourth-order valence-corrected chi connectivity index (χ4v) is 2.15. The van der Waals surface area contributed by atoms with Crippen LogP contribution < -0.4 is 20.5 Å². The van der Waals surface area contributed by atoms with Crippen LogP contribution in [0.25, 0.3) is 0 Å². The second-order valence-electron chi connectivity index (χ2n) is 5.16. The maximum absolute atomic E-state index is 5.85. The topological polar surface area (TPSA) is 78.1 Å². The lowest BCUT2D eigenvalue weighted by molar-refractivity contribution is 0.179. The van der Waals surface area contributed by atoms with E-state index in [1.54, 1.807) is 7.11 Å². The number of methoxy groups -OCH3 is 1. The van der Waals surface area contributed by atoms with Crippen LogP contribution in [0.4, 0.5) is 0 Å². The van der Waals surface area contributed by atoms with E-state index in [0.717, 1.165) is 23.5 Å². The second-order valence-corrected chi connectivity index (χ2v) is 5.16. The van der Waals surface area contributed by atoms with Gasteiger partial charge in [-0.05, 0) is 44.9 Å². The van der Waals surface area contributed by atoms with Crippen molar-refractivity contribution in [2.75, 3.05) is 33.5 Å². The molecular formula is C17H29N3O3. The first-order valence-corrected chi connectivity index (χ1v) is 8.04. The molecule has 0 amide bonds. The van der Waals surface area contributed by atoms with Gasteiger partial charge in [-0.2, -0.15) is 0 Å². The quantitative estimate of drug-likeness (QED) is 0.508. The molecule has 1 aromatic carbocycles. The van der Waals surface area contributed by atoms with Crippen molar-refractivity contribution in [1.29, 1.82) is 0 Å². The molecule has 1 atom stereocenters. The number of ether oxygens (including phenoxy) is 3. The van der Waals surface area contributed by atoms with Crippen molar-refractivity contribution in [3.8, 4) is 11.5 Å². The van der Waals surface area contributed by atoms with Crippen LogP contribution in [-0.4, -0.2) is 45.5 Å². The van der Waals surface area contributed by atoms with Crippen molar-refractivity contribution < 1.29 is 14.2 Å². The summed E-state index contributed by atoms with van der Waals surface area (Å²) in [5.74, 6) is 1.98. The van der Waals surface area contributed by atoms with Crippen LogP contribution in [0.15, 0.2) is 23.2 Å². The van der Waals surface area contributed by atoms with Gasteiger partial charge >= 0.3 is 0 Å². The van der Waals surface area contributed by atoms with Gasteiger partial charge in [0.05, 0.1) is 19.8 Å². The number of hydrogen-bond donors (Lipinski definition) is 2. The monoisotopic (exact) mass is 323 g/mol. The molecule has 6 nitrogen and oxygen atoms in total. The van der Waals surface area contributed by atoms with Crippen LogP contribution in [0.3, 0.4) is 0 Å². The molecule has 0 bridgehead atoms. The number of nitrogens with zero attached hydrogens (tertiary/aromatic N) is 1. The first-order valence-electron chi connectivity index (χ1n) is 8.04. The molecule has 0 heterocycles. The van der Waals surface area contributed by atoms with E-state index in [4.69, 9.17) is 19.9 Å². The van der Waals surface area contributed by atoms with Crippen LogP contribution >= 0.6 is 0 Å². The molecule has 0 fully saturated rings. The Balaban J connectivity index is 2.58. The van der Waals surface area contributed by atoms with E-state index in [1.807, 2.05) is 39.0 Å². The lowest BCUT2D eigenvalue weighted by Crippen LogP contribution is -2.40. The number of rotatable bonds is 10. The summed E-state index contributed by atoms with van der Waals surface area (Å²) in [6, 6.07) is 6.11. The molecule has 0 aliphatic rings. The lowest BCUT2D eigenvalue weighted by Gasteiger charge is -2.13. The molecule has 0 spiro atoms. The van der Waals surface area contributed by atoms with Crippen LogP contribution in [0.2, 0.25) is 0 Å². The van der Waals surface area contributed by atoms with Gasteiger partial charge in [-0.25, -0.2) is 0 Å².